The molecule has 31 heavy (non-hydrogen) atoms. The van der Waals surface area contributed by atoms with Crippen LogP contribution in [0.4, 0.5) is 0 Å². The predicted octanol–water partition coefficient (Wildman–Crippen LogP) is 6.18. The van der Waals surface area contributed by atoms with E-state index < -0.39 is 6.04 Å². The maximum atomic E-state index is 13.5. The molecule has 3 rings (SSSR count). The fraction of sp³-hybridized carbons (Fsp3) is 0.600. The predicted molar refractivity (Wildman–Crippen MR) is 127 cm³/mol. The Balaban J connectivity index is 1.83. The third-order valence-electron chi connectivity index (χ3n) is 6.44. The Morgan fingerprint density at radius 1 is 1.03 bits per heavy atom. The molecule has 0 radical (unpaired) electrons. The van der Waals surface area contributed by atoms with Gasteiger partial charge in [-0.1, -0.05) is 61.1 Å². The van der Waals surface area contributed by atoms with Crippen LogP contribution in [-0.4, -0.2) is 35.2 Å². The molecule has 2 aliphatic rings. The number of halogens is 2. The van der Waals surface area contributed by atoms with E-state index in [1.54, 1.807) is 17.0 Å². The summed E-state index contributed by atoms with van der Waals surface area (Å²) in [4.78, 5) is 28.1. The molecule has 1 aromatic rings. The average Bonchev–Trinajstić information content (AvgIpc) is 3.06. The lowest BCUT2D eigenvalue weighted by atomic mass is 9.96. The van der Waals surface area contributed by atoms with E-state index in [9.17, 15) is 9.59 Å². The number of amides is 2. The van der Waals surface area contributed by atoms with Crippen LogP contribution in [0.3, 0.4) is 0 Å². The molecule has 0 bridgehead atoms. The minimum absolute atomic E-state index is 0.120. The zero-order valence-corrected chi connectivity index (χ0v) is 19.8. The number of rotatable bonds is 8. The first-order valence-corrected chi connectivity index (χ1v) is 12.6. The molecule has 0 aliphatic heterocycles. The van der Waals surface area contributed by atoms with Crippen molar-refractivity contribution in [2.24, 2.45) is 0 Å². The standard InChI is InChI=1S/C25H34Cl2N2O2/c26-18-23(30)29(17-16-19-8-4-3-5-9-19)24(20-12-14-21(27)15-13-20)25(31)28-22-10-6-1-2-7-11-22/h8,12-15,22,24H,1-7,9-11,16-18H2,(H,28,31)/t24-/m0/s1. The Kier molecular flexibility index (Phi) is 9.73. The Hall–Kier alpha value is -1.52. The number of nitrogens with one attached hydrogen (secondary N) is 1. The number of carbonyl (C=O) groups is 2. The second-order valence-electron chi connectivity index (χ2n) is 8.73. The molecule has 0 saturated heterocycles. The van der Waals surface area contributed by atoms with Crippen LogP contribution in [0.5, 0.6) is 0 Å². The number of benzene rings is 1. The molecule has 170 valence electrons. The molecule has 0 unspecified atom stereocenters. The van der Waals surface area contributed by atoms with E-state index in [-0.39, 0.29) is 23.7 Å². The molecule has 1 atom stereocenters. The highest BCUT2D eigenvalue weighted by Gasteiger charge is 2.32. The van der Waals surface area contributed by atoms with Crippen LogP contribution in [0.25, 0.3) is 0 Å². The van der Waals surface area contributed by atoms with E-state index in [1.165, 1.54) is 31.3 Å². The van der Waals surface area contributed by atoms with Crippen molar-refractivity contribution in [3.8, 4) is 0 Å². The summed E-state index contributed by atoms with van der Waals surface area (Å²) in [6.45, 7) is 0.489. The van der Waals surface area contributed by atoms with Crippen LogP contribution >= 0.6 is 23.2 Å². The summed E-state index contributed by atoms with van der Waals surface area (Å²) in [6, 6.07) is 6.70. The van der Waals surface area contributed by atoms with Crippen molar-refractivity contribution in [3.05, 3.63) is 46.5 Å². The average molecular weight is 465 g/mol. The largest absolute Gasteiger partial charge is 0.351 e. The minimum atomic E-state index is -0.698. The second kappa shape index (κ2) is 12.5. The molecule has 1 fully saturated rings. The first-order chi connectivity index (χ1) is 15.1. The van der Waals surface area contributed by atoms with E-state index in [0.29, 0.717) is 11.6 Å². The van der Waals surface area contributed by atoms with Gasteiger partial charge in [-0.3, -0.25) is 9.59 Å². The van der Waals surface area contributed by atoms with E-state index in [1.807, 2.05) is 12.1 Å². The molecular weight excluding hydrogens is 431 g/mol. The number of hydrogen-bond donors (Lipinski definition) is 1. The van der Waals surface area contributed by atoms with Gasteiger partial charge in [0.05, 0.1) is 0 Å². The van der Waals surface area contributed by atoms with Crippen LogP contribution in [0.1, 0.15) is 82.2 Å². The maximum Gasteiger partial charge on any atom is 0.247 e. The van der Waals surface area contributed by atoms with Gasteiger partial charge in [0.2, 0.25) is 11.8 Å². The van der Waals surface area contributed by atoms with Gasteiger partial charge in [0.15, 0.2) is 0 Å². The number of allylic oxidation sites excluding steroid dienone is 1. The molecular formula is C25H34Cl2N2O2. The molecule has 4 nitrogen and oxygen atoms in total. The highest BCUT2D eigenvalue weighted by atomic mass is 35.5. The normalized spacial score (nSPS) is 18.6. The van der Waals surface area contributed by atoms with Crippen LogP contribution in [0.15, 0.2) is 35.9 Å². The van der Waals surface area contributed by atoms with E-state index in [4.69, 9.17) is 23.2 Å². The Labute approximate surface area is 196 Å². The van der Waals surface area contributed by atoms with Gasteiger partial charge in [-0.2, -0.15) is 0 Å². The Bertz CT molecular complexity index is 755. The fourth-order valence-electron chi connectivity index (χ4n) is 4.69. The minimum Gasteiger partial charge on any atom is -0.351 e. The van der Waals surface area contributed by atoms with Crippen LogP contribution < -0.4 is 5.32 Å². The highest BCUT2D eigenvalue weighted by Crippen LogP contribution is 2.27. The van der Waals surface area contributed by atoms with Gasteiger partial charge in [0, 0.05) is 17.6 Å². The van der Waals surface area contributed by atoms with Crippen molar-refractivity contribution in [3.63, 3.8) is 0 Å². The Morgan fingerprint density at radius 2 is 1.74 bits per heavy atom. The van der Waals surface area contributed by atoms with Gasteiger partial charge in [0.1, 0.15) is 11.9 Å². The topological polar surface area (TPSA) is 49.4 Å². The van der Waals surface area contributed by atoms with Gasteiger partial charge in [0.25, 0.3) is 0 Å². The molecule has 2 amide bonds. The van der Waals surface area contributed by atoms with Gasteiger partial charge >= 0.3 is 0 Å². The highest BCUT2D eigenvalue weighted by molar-refractivity contribution is 6.30. The lowest BCUT2D eigenvalue weighted by Crippen LogP contribution is -2.47. The van der Waals surface area contributed by atoms with E-state index >= 15 is 0 Å². The number of alkyl halides is 1. The third kappa shape index (κ3) is 7.25. The first-order valence-electron chi connectivity index (χ1n) is 11.7. The molecule has 0 aromatic heterocycles. The third-order valence-corrected chi connectivity index (χ3v) is 6.92. The lowest BCUT2D eigenvalue weighted by molar-refractivity contribution is -0.139. The summed E-state index contributed by atoms with van der Waals surface area (Å²) >= 11 is 12.1. The van der Waals surface area contributed by atoms with Crippen LogP contribution in [0.2, 0.25) is 5.02 Å². The fourth-order valence-corrected chi connectivity index (χ4v) is 4.97. The molecule has 1 N–H and O–H groups in total. The van der Waals surface area contributed by atoms with Crippen molar-refractivity contribution in [1.82, 2.24) is 10.2 Å². The summed E-state index contributed by atoms with van der Waals surface area (Å²) in [5.41, 5.74) is 2.14. The zero-order valence-electron chi connectivity index (χ0n) is 18.3. The first kappa shape index (κ1) is 24.1. The number of carbonyl (C=O) groups excluding carboxylic acids is 2. The van der Waals surface area contributed by atoms with Gasteiger partial charge < -0.3 is 10.2 Å². The molecule has 0 spiro atoms. The van der Waals surface area contributed by atoms with Crippen molar-refractivity contribution < 1.29 is 9.59 Å². The number of hydrogen-bond acceptors (Lipinski definition) is 2. The van der Waals surface area contributed by atoms with Crippen molar-refractivity contribution >= 4 is 35.0 Å². The smallest absolute Gasteiger partial charge is 0.247 e. The molecule has 6 heteroatoms. The summed E-state index contributed by atoms with van der Waals surface area (Å²) in [7, 11) is 0. The SMILES string of the molecule is O=C(NC1CCCCCC1)[C@H](c1ccc(Cl)cc1)N(CCC1=CCCCC1)C(=O)CCl. The summed E-state index contributed by atoms with van der Waals surface area (Å²) < 4.78 is 0. The van der Waals surface area contributed by atoms with Crippen molar-refractivity contribution in [1.29, 1.82) is 0 Å². The maximum absolute atomic E-state index is 13.5. The van der Waals surface area contributed by atoms with Gasteiger partial charge in [-0.15, -0.1) is 11.6 Å². The van der Waals surface area contributed by atoms with E-state index in [2.05, 4.69) is 11.4 Å². The van der Waals surface area contributed by atoms with Gasteiger partial charge in [-0.25, -0.2) is 0 Å². The molecule has 1 saturated carbocycles. The quantitative estimate of drug-likeness (QED) is 0.283. The number of nitrogens with zero attached hydrogens (tertiary/aromatic N) is 1. The molecule has 2 aliphatic carbocycles. The monoisotopic (exact) mass is 464 g/mol. The van der Waals surface area contributed by atoms with Crippen molar-refractivity contribution in [2.45, 2.75) is 82.7 Å². The summed E-state index contributed by atoms with van der Waals surface area (Å²) in [6.07, 6.45) is 14.4. The molecule has 1 aromatic carbocycles. The molecule has 0 heterocycles. The lowest BCUT2D eigenvalue weighted by Gasteiger charge is -2.33. The van der Waals surface area contributed by atoms with E-state index in [0.717, 1.165) is 50.5 Å². The summed E-state index contributed by atoms with van der Waals surface area (Å²) in [5, 5.41) is 3.85. The summed E-state index contributed by atoms with van der Waals surface area (Å²) in [5.74, 6) is -0.473. The van der Waals surface area contributed by atoms with Gasteiger partial charge in [-0.05, 0) is 62.6 Å². The zero-order chi connectivity index (χ0) is 22.1. The Morgan fingerprint density at radius 3 is 2.35 bits per heavy atom. The van der Waals surface area contributed by atoms with Crippen molar-refractivity contribution in [2.75, 3.05) is 12.4 Å². The van der Waals surface area contributed by atoms with Crippen LogP contribution in [-0.2, 0) is 9.59 Å². The second-order valence-corrected chi connectivity index (χ2v) is 9.43. The van der Waals surface area contributed by atoms with Crippen LogP contribution in [0, 0.1) is 0 Å².